The summed E-state index contributed by atoms with van der Waals surface area (Å²) in [5.74, 6) is -0.449. The van der Waals surface area contributed by atoms with Crippen LogP contribution in [0, 0.1) is 0 Å². The molecule has 1 saturated heterocycles. The first-order chi connectivity index (χ1) is 9.73. The van der Waals surface area contributed by atoms with Gasteiger partial charge >= 0.3 is 12.1 Å². The molecule has 7 nitrogen and oxygen atoms in total. The SMILES string of the molecule is CCOC(=O)[C@@H](N)C[C@H]1CN(C(=O)OC(C)(C)C)CCO1. The lowest BCUT2D eigenvalue weighted by molar-refractivity contribution is -0.146. The van der Waals surface area contributed by atoms with E-state index in [1.165, 1.54) is 0 Å². The zero-order valence-electron chi connectivity index (χ0n) is 13.3. The van der Waals surface area contributed by atoms with E-state index in [-0.39, 0.29) is 12.2 Å². The second-order valence-corrected chi connectivity index (χ2v) is 6.01. The molecule has 2 atom stereocenters. The van der Waals surface area contributed by atoms with Crippen molar-refractivity contribution in [3.8, 4) is 0 Å². The Morgan fingerprint density at radius 3 is 2.67 bits per heavy atom. The molecule has 0 aromatic heterocycles. The molecule has 0 unspecified atom stereocenters. The highest BCUT2D eigenvalue weighted by Gasteiger charge is 2.30. The van der Waals surface area contributed by atoms with Crippen LogP contribution in [0.5, 0.6) is 0 Å². The summed E-state index contributed by atoms with van der Waals surface area (Å²) in [5.41, 5.74) is 5.23. The van der Waals surface area contributed by atoms with Crippen molar-refractivity contribution in [2.45, 2.75) is 51.9 Å². The number of nitrogens with zero attached hydrogens (tertiary/aromatic N) is 1. The van der Waals surface area contributed by atoms with Crippen LogP contribution in [0.3, 0.4) is 0 Å². The summed E-state index contributed by atoms with van der Waals surface area (Å²) in [7, 11) is 0. The molecule has 2 N–H and O–H groups in total. The van der Waals surface area contributed by atoms with E-state index >= 15 is 0 Å². The van der Waals surface area contributed by atoms with E-state index in [1.807, 2.05) is 20.8 Å². The average molecular weight is 302 g/mol. The lowest BCUT2D eigenvalue weighted by Gasteiger charge is -2.34. The van der Waals surface area contributed by atoms with E-state index in [9.17, 15) is 9.59 Å². The van der Waals surface area contributed by atoms with E-state index in [0.29, 0.717) is 32.7 Å². The van der Waals surface area contributed by atoms with Gasteiger partial charge in [-0.25, -0.2) is 4.79 Å². The highest BCUT2D eigenvalue weighted by Crippen LogP contribution is 2.15. The summed E-state index contributed by atoms with van der Waals surface area (Å²) in [4.78, 5) is 25.1. The van der Waals surface area contributed by atoms with Gasteiger partial charge in [0.25, 0.3) is 0 Å². The van der Waals surface area contributed by atoms with Crippen molar-refractivity contribution in [1.82, 2.24) is 4.90 Å². The first kappa shape index (κ1) is 17.7. The maximum absolute atomic E-state index is 12.0. The molecule has 1 heterocycles. The third kappa shape index (κ3) is 6.31. The molecule has 1 fully saturated rings. The van der Waals surface area contributed by atoms with Gasteiger partial charge in [0, 0.05) is 13.0 Å². The molecule has 7 heteroatoms. The standard InChI is InChI=1S/C14H26N2O5/c1-5-19-12(17)11(15)8-10-9-16(6-7-20-10)13(18)21-14(2,3)4/h10-11H,5-9,15H2,1-4H3/t10-,11-/m0/s1. The van der Waals surface area contributed by atoms with Crippen molar-refractivity contribution >= 4 is 12.1 Å². The molecule has 0 aromatic rings. The van der Waals surface area contributed by atoms with Crippen LogP contribution in [0.2, 0.25) is 0 Å². The van der Waals surface area contributed by atoms with Crippen LogP contribution < -0.4 is 5.73 Å². The van der Waals surface area contributed by atoms with E-state index in [2.05, 4.69) is 0 Å². The summed E-state index contributed by atoms with van der Waals surface area (Å²) >= 11 is 0. The number of nitrogens with two attached hydrogens (primary N) is 1. The number of amides is 1. The molecule has 1 aliphatic heterocycles. The molecule has 1 aliphatic rings. The highest BCUT2D eigenvalue weighted by atomic mass is 16.6. The van der Waals surface area contributed by atoms with E-state index in [0.717, 1.165) is 0 Å². The maximum Gasteiger partial charge on any atom is 0.410 e. The van der Waals surface area contributed by atoms with Gasteiger partial charge < -0.3 is 24.8 Å². The first-order valence-corrected chi connectivity index (χ1v) is 7.24. The Bertz CT molecular complexity index is 367. The summed E-state index contributed by atoms with van der Waals surface area (Å²) in [5, 5.41) is 0. The number of ether oxygens (including phenoxy) is 3. The van der Waals surface area contributed by atoms with Crippen LogP contribution in [-0.4, -0.2) is 61.0 Å². The molecule has 0 aromatic carbocycles. The molecular weight excluding hydrogens is 276 g/mol. The van der Waals surface area contributed by atoms with E-state index in [4.69, 9.17) is 19.9 Å². The summed E-state index contributed by atoms with van der Waals surface area (Å²) in [6.45, 7) is 8.72. The molecule has 0 radical (unpaired) electrons. The Labute approximate surface area is 125 Å². The van der Waals surface area contributed by atoms with Crippen molar-refractivity contribution in [3.63, 3.8) is 0 Å². The van der Waals surface area contributed by atoms with Crippen LogP contribution in [0.15, 0.2) is 0 Å². The molecule has 122 valence electrons. The minimum Gasteiger partial charge on any atom is -0.465 e. The maximum atomic E-state index is 12.0. The van der Waals surface area contributed by atoms with Crippen molar-refractivity contribution in [2.75, 3.05) is 26.3 Å². The molecule has 0 spiro atoms. The van der Waals surface area contributed by atoms with Crippen molar-refractivity contribution in [1.29, 1.82) is 0 Å². The van der Waals surface area contributed by atoms with Gasteiger partial charge in [-0.1, -0.05) is 0 Å². The minimum absolute atomic E-state index is 0.286. The molecule has 0 aliphatic carbocycles. The predicted octanol–water partition coefficient (Wildman–Crippen LogP) is 0.903. The largest absolute Gasteiger partial charge is 0.465 e. The quantitative estimate of drug-likeness (QED) is 0.776. The molecule has 1 rings (SSSR count). The molecule has 21 heavy (non-hydrogen) atoms. The predicted molar refractivity (Wildman–Crippen MR) is 76.8 cm³/mol. The fraction of sp³-hybridized carbons (Fsp3) is 0.857. The molecular formula is C14H26N2O5. The molecule has 0 bridgehead atoms. The zero-order valence-corrected chi connectivity index (χ0v) is 13.3. The Kier molecular flexibility index (Phi) is 6.42. The average Bonchev–Trinajstić information content (AvgIpc) is 2.37. The third-order valence-corrected chi connectivity index (χ3v) is 2.90. The van der Waals surface area contributed by atoms with Crippen molar-refractivity contribution < 1.29 is 23.8 Å². The smallest absolute Gasteiger partial charge is 0.410 e. The number of carbonyl (C=O) groups excluding carboxylic acids is 2. The van der Waals surface area contributed by atoms with Gasteiger partial charge in [-0.2, -0.15) is 0 Å². The van der Waals surface area contributed by atoms with Gasteiger partial charge in [-0.3, -0.25) is 4.79 Å². The van der Waals surface area contributed by atoms with Crippen LogP contribution in [-0.2, 0) is 19.0 Å². The van der Waals surface area contributed by atoms with Crippen molar-refractivity contribution in [2.24, 2.45) is 5.73 Å². The third-order valence-electron chi connectivity index (χ3n) is 2.90. The molecule has 0 saturated carbocycles. The van der Waals surface area contributed by atoms with Gasteiger partial charge in [-0.05, 0) is 27.7 Å². The van der Waals surface area contributed by atoms with Crippen LogP contribution in [0.25, 0.3) is 0 Å². The Hall–Kier alpha value is -1.34. The van der Waals surface area contributed by atoms with E-state index < -0.39 is 17.6 Å². The fourth-order valence-corrected chi connectivity index (χ4v) is 1.98. The highest BCUT2D eigenvalue weighted by molar-refractivity contribution is 5.75. The first-order valence-electron chi connectivity index (χ1n) is 7.24. The number of hydrogen-bond donors (Lipinski definition) is 1. The fourth-order valence-electron chi connectivity index (χ4n) is 1.98. The lowest BCUT2D eigenvalue weighted by atomic mass is 10.1. The number of carbonyl (C=O) groups is 2. The van der Waals surface area contributed by atoms with Crippen LogP contribution in [0.1, 0.15) is 34.1 Å². The van der Waals surface area contributed by atoms with E-state index in [1.54, 1.807) is 11.8 Å². The van der Waals surface area contributed by atoms with Gasteiger partial charge in [0.05, 0.1) is 25.9 Å². The van der Waals surface area contributed by atoms with Gasteiger partial charge in [0.2, 0.25) is 0 Å². The van der Waals surface area contributed by atoms with Gasteiger partial charge in [-0.15, -0.1) is 0 Å². The van der Waals surface area contributed by atoms with Gasteiger partial charge in [0.1, 0.15) is 11.6 Å². The molecule has 1 amide bonds. The normalized spacial score (nSPS) is 20.8. The van der Waals surface area contributed by atoms with Crippen LogP contribution >= 0.6 is 0 Å². The number of hydrogen-bond acceptors (Lipinski definition) is 6. The monoisotopic (exact) mass is 302 g/mol. The number of esters is 1. The number of morpholine rings is 1. The lowest BCUT2D eigenvalue weighted by Crippen LogP contribution is -2.49. The summed E-state index contributed by atoms with van der Waals surface area (Å²) in [6, 6.07) is -0.742. The second-order valence-electron chi connectivity index (χ2n) is 6.01. The van der Waals surface area contributed by atoms with Crippen LogP contribution in [0.4, 0.5) is 4.79 Å². The number of rotatable bonds is 4. The summed E-state index contributed by atoms with van der Waals surface area (Å²) in [6.07, 6.45) is -0.343. The minimum atomic E-state index is -0.742. The topological polar surface area (TPSA) is 91.1 Å². The Morgan fingerprint density at radius 2 is 2.10 bits per heavy atom. The van der Waals surface area contributed by atoms with Gasteiger partial charge in [0.15, 0.2) is 0 Å². The Morgan fingerprint density at radius 1 is 1.43 bits per heavy atom. The second kappa shape index (κ2) is 7.61. The summed E-state index contributed by atoms with van der Waals surface area (Å²) < 4.78 is 15.7. The van der Waals surface area contributed by atoms with Crippen molar-refractivity contribution in [3.05, 3.63) is 0 Å². The zero-order chi connectivity index (χ0) is 16.0. The Balaban J connectivity index is 2.48.